The topological polar surface area (TPSA) is 66.9 Å². The first-order valence-electron chi connectivity index (χ1n) is 6.73. The third kappa shape index (κ3) is 2.02. The average Bonchev–Trinajstić information content (AvgIpc) is 3.25. The van der Waals surface area contributed by atoms with Gasteiger partial charge >= 0.3 is 0 Å². The molecule has 7 heteroatoms. The third-order valence-electron chi connectivity index (χ3n) is 3.91. The summed E-state index contributed by atoms with van der Waals surface area (Å²) in [6.45, 7) is 0. The van der Waals surface area contributed by atoms with Gasteiger partial charge in [0.25, 0.3) is 0 Å². The van der Waals surface area contributed by atoms with Gasteiger partial charge in [0.1, 0.15) is 6.07 Å². The standard InChI is InChI=1S/C15H9ClFN5/c16-13-4-11(15-20-7-14(17)22(15)21-13)9-3-10(9)12-2-1-8(5-18)6-19-12/h1-2,4,6-7,9-10H,3H2/t9-,10?/m0/s1. The van der Waals surface area contributed by atoms with Gasteiger partial charge in [0.15, 0.2) is 10.8 Å². The van der Waals surface area contributed by atoms with E-state index in [0.29, 0.717) is 11.2 Å². The normalized spacial score (nSPS) is 20.0. The van der Waals surface area contributed by atoms with Crippen LogP contribution in [0.3, 0.4) is 0 Å². The van der Waals surface area contributed by atoms with Gasteiger partial charge in [-0.1, -0.05) is 11.6 Å². The second-order valence-corrected chi connectivity index (χ2v) is 5.66. The van der Waals surface area contributed by atoms with Crippen LogP contribution in [0.2, 0.25) is 5.15 Å². The zero-order valence-electron chi connectivity index (χ0n) is 11.2. The summed E-state index contributed by atoms with van der Waals surface area (Å²) in [6.07, 6.45) is 3.60. The molecule has 22 heavy (non-hydrogen) atoms. The smallest absolute Gasteiger partial charge is 0.234 e. The van der Waals surface area contributed by atoms with E-state index in [-0.39, 0.29) is 17.0 Å². The number of hydrogen-bond acceptors (Lipinski definition) is 4. The average molecular weight is 314 g/mol. The molecule has 1 aliphatic carbocycles. The van der Waals surface area contributed by atoms with Crippen molar-refractivity contribution < 1.29 is 4.39 Å². The van der Waals surface area contributed by atoms with Crippen molar-refractivity contribution >= 4 is 17.2 Å². The Morgan fingerprint density at radius 1 is 1.27 bits per heavy atom. The zero-order chi connectivity index (χ0) is 15.3. The molecule has 3 aromatic rings. The van der Waals surface area contributed by atoms with E-state index in [1.165, 1.54) is 0 Å². The van der Waals surface area contributed by atoms with E-state index in [9.17, 15) is 4.39 Å². The predicted molar refractivity (Wildman–Crippen MR) is 77.0 cm³/mol. The number of rotatable bonds is 2. The van der Waals surface area contributed by atoms with E-state index in [1.54, 1.807) is 18.3 Å². The Balaban J connectivity index is 1.71. The molecule has 5 nitrogen and oxygen atoms in total. The first kappa shape index (κ1) is 13.2. The molecule has 0 aliphatic heterocycles. The fourth-order valence-corrected chi connectivity index (χ4v) is 2.96. The van der Waals surface area contributed by atoms with Crippen LogP contribution in [0.1, 0.15) is 35.1 Å². The van der Waals surface area contributed by atoms with Crippen molar-refractivity contribution in [2.75, 3.05) is 0 Å². The van der Waals surface area contributed by atoms with Gasteiger partial charge in [0, 0.05) is 23.4 Å². The molecule has 1 fully saturated rings. The van der Waals surface area contributed by atoms with E-state index in [4.69, 9.17) is 16.9 Å². The molecule has 0 N–H and O–H groups in total. The van der Waals surface area contributed by atoms with Crippen LogP contribution in [0.15, 0.2) is 30.6 Å². The monoisotopic (exact) mass is 313 g/mol. The number of hydrogen-bond donors (Lipinski definition) is 0. The van der Waals surface area contributed by atoms with Gasteiger partial charge in [-0.3, -0.25) is 4.98 Å². The van der Waals surface area contributed by atoms with E-state index in [1.807, 2.05) is 12.1 Å². The maximum Gasteiger partial charge on any atom is 0.234 e. The first-order valence-corrected chi connectivity index (χ1v) is 7.11. The van der Waals surface area contributed by atoms with E-state index < -0.39 is 5.95 Å². The maximum absolute atomic E-state index is 13.6. The Morgan fingerprint density at radius 2 is 2.14 bits per heavy atom. The number of aromatic nitrogens is 4. The summed E-state index contributed by atoms with van der Waals surface area (Å²) in [5.41, 5.74) is 2.82. The Hall–Kier alpha value is -2.52. The second-order valence-electron chi connectivity index (χ2n) is 5.27. The first-order chi connectivity index (χ1) is 10.7. The minimum atomic E-state index is -0.535. The summed E-state index contributed by atoms with van der Waals surface area (Å²) in [6, 6.07) is 7.39. The molecule has 4 rings (SSSR count). The van der Waals surface area contributed by atoms with Crippen molar-refractivity contribution in [3.05, 3.63) is 58.5 Å². The summed E-state index contributed by atoms with van der Waals surface area (Å²) in [5, 5.41) is 13.0. The van der Waals surface area contributed by atoms with Crippen LogP contribution in [0.4, 0.5) is 4.39 Å². The molecular weight excluding hydrogens is 305 g/mol. The summed E-state index contributed by atoms with van der Waals surface area (Å²) < 4.78 is 14.8. The minimum Gasteiger partial charge on any atom is -0.260 e. The Morgan fingerprint density at radius 3 is 2.86 bits per heavy atom. The van der Waals surface area contributed by atoms with Crippen LogP contribution in [0.25, 0.3) is 5.65 Å². The molecule has 0 radical (unpaired) electrons. The summed E-state index contributed by atoms with van der Waals surface area (Å²) in [7, 11) is 0. The lowest BCUT2D eigenvalue weighted by Crippen LogP contribution is -1.99. The molecule has 3 aromatic heterocycles. The van der Waals surface area contributed by atoms with Crippen LogP contribution in [-0.4, -0.2) is 19.6 Å². The molecule has 1 aliphatic rings. The quantitative estimate of drug-likeness (QED) is 0.729. The number of nitriles is 1. The molecule has 1 unspecified atom stereocenters. The Bertz CT molecular complexity index is 912. The van der Waals surface area contributed by atoms with Crippen molar-refractivity contribution in [2.24, 2.45) is 0 Å². The number of fused-ring (bicyclic) bond motifs is 1. The molecule has 1 saturated carbocycles. The molecule has 0 saturated heterocycles. The molecule has 0 spiro atoms. The van der Waals surface area contributed by atoms with Gasteiger partial charge in [-0.15, -0.1) is 0 Å². The summed E-state index contributed by atoms with van der Waals surface area (Å²) in [4.78, 5) is 8.40. The summed E-state index contributed by atoms with van der Waals surface area (Å²) in [5.74, 6) is -0.118. The van der Waals surface area contributed by atoms with E-state index >= 15 is 0 Å². The van der Waals surface area contributed by atoms with E-state index in [2.05, 4.69) is 15.1 Å². The predicted octanol–water partition coefficient (Wildman–Crippen LogP) is 3.06. The highest BCUT2D eigenvalue weighted by Gasteiger charge is 2.42. The molecule has 2 atom stereocenters. The summed E-state index contributed by atoms with van der Waals surface area (Å²) >= 11 is 5.98. The largest absolute Gasteiger partial charge is 0.260 e. The molecule has 0 amide bonds. The lowest BCUT2D eigenvalue weighted by atomic mass is 10.1. The van der Waals surface area contributed by atoms with Gasteiger partial charge in [-0.25, -0.2) is 4.98 Å². The number of imidazole rings is 1. The molecule has 108 valence electrons. The van der Waals surface area contributed by atoms with Gasteiger partial charge in [0.2, 0.25) is 5.95 Å². The van der Waals surface area contributed by atoms with Crippen LogP contribution >= 0.6 is 11.6 Å². The van der Waals surface area contributed by atoms with Crippen molar-refractivity contribution in [1.82, 2.24) is 19.6 Å². The lowest BCUT2D eigenvalue weighted by molar-refractivity contribution is 0.548. The van der Waals surface area contributed by atoms with Crippen molar-refractivity contribution in [3.8, 4) is 6.07 Å². The van der Waals surface area contributed by atoms with Gasteiger partial charge < -0.3 is 0 Å². The van der Waals surface area contributed by atoms with Gasteiger partial charge in [-0.2, -0.15) is 19.3 Å². The maximum atomic E-state index is 13.6. The van der Waals surface area contributed by atoms with E-state index in [0.717, 1.165) is 28.4 Å². The number of halogens is 2. The van der Waals surface area contributed by atoms with Crippen LogP contribution in [-0.2, 0) is 0 Å². The van der Waals surface area contributed by atoms with Crippen molar-refractivity contribution in [1.29, 1.82) is 5.26 Å². The Labute approximate surface area is 130 Å². The second kappa shape index (κ2) is 4.75. The van der Waals surface area contributed by atoms with Crippen LogP contribution in [0.5, 0.6) is 0 Å². The van der Waals surface area contributed by atoms with Gasteiger partial charge in [0.05, 0.1) is 11.8 Å². The molecule has 0 bridgehead atoms. The SMILES string of the molecule is N#Cc1ccc(C2C[C@@H]2c2cc(Cl)nn3c(F)cnc23)nc1. The third-order valence-corrected chi connectivity index (χ3v) is 4.09. The van der Waals surface area contributed by atoms with Crippen molar-refractivity contribution in [2.45, 2.75) is 18.3 Å². The molecular formula is C15H9ClFN5. The Kier molecular flexibility index (Phi) is 2.84. The fourth-order valence-electron chi connectivity index (χ4n) is 2.76. The number of nitrogens with zero attached hydrogens (tertiary/aromatic N) is 5. The van der Waals surface area contributed by atoms with Crippen molar-refractivity contribution in [3.63, 3.8) is 0 Å². The highest BCUT2D eigenvalue weighted by atomic mass is 35.5. The fraction of sp³-hybridized carbons (Fsp3) is 0.200. The molecule has 3 heterocycles. The van der Waals surface area contributed by atoms with Crippen LogP contribution in [0, 0.1) is 17.3 Å². The highest BCUT2D eigenvalue weighted by molar-refractivity contribution is 6.29. The lowest BCUT2D eigenvalue weighted by Gasteiger charge is -2.04. The number of pyridine rings is 1. The zero-order valence-corrected chi connectivity index (χ0v) is 12.0. The minimum absolute atomic E-state index is 0.185. The highest BCUT2D eigenvalue weighted by Crippen LogP contribution is 2.55. The van der Waals surface area contributed by atoms with Crippen LogP contribution < -0.4 is 0 Å². The van der Waals surface area contributed by atoms with Gasteiger partial charge in [-0.05, 0) is 30.5 Å². The molecule has 0 aromatic carbocycles.